The molecule has 5 nitrogen and oxygen atoms in total. The summed E-state index contributed by atoms with van der Waals surface area (Å²) in [7, 11) is 1.45. The van der Waals surface area contributed by atoms with Crippen LogP contribution in [0.3, 0.4) is 0 Å². The number of imide groups is 2. The van der Waals surface area contributed by atoms with Crippen LogP contribution in [-0.4, -0.2) is 40.7 Å². The van der Waals surface area contributed by atoms with Gasteiger partial charge >= 0.3 is 6.03 Å². The molecule has 94 valence electrons. The first kappa shape index (κ1) is 12.1. The predicted octanol–water partition coefficient (Wildman–Crippen LogP) is 1.38. The normalized spacial score (nSPS) is 27.9. The summed E-state index contributed by atoms with van der Waals surface area (Å²) in [5, 5.41) is 0. The molecule has 0 bridgehead atoms. The van der Waals surface area contributed by atoms with Gasteiger partial charge in [0.2, 0.25) is 11.8 Å². The molecule has 1 heterocycles. The van der Waals surface area contributed by atoms with E-state index in [9.17, 15) is 14.4 Å². The van der Waals surface area contributed by atoms with Crippen LogP contribution in [0.15, 0.2) is 0 Å². The lowest BCUT2D eigenvalue weighted by Crippen LogP contribution is -2.60. The molecule has 0 aromatic carbocycles. The van der Waals surface area contributed by atoms with Gasteiger partial charge in [-0.2, -0.15) is 0 Å². The van der Waals surface area contributed by atoms with Crippen LogP contribution in [0.5, 0.6) is 0 Å². The Hall–Kier alpha value is -1.39. The van der Waals surface area contributed by atoms with Gasteiger partial charge in [-0.25, -0.2) is 4.79 Å². The van der Waals surface area contributed by atoms with Crippen molar-refractivity contribution in [1.82, 2.24) is 9.80 Å². The Morgan fingerprint density at radius 1 is 1.00 bits per heavy atom. The van der Waals surface area contributed by atoms with Gasteiger partial charge < -0.3 is 0 Å². The SMILES string of the molecule is C[C@@H]1C(=O)N(C)C(=O)N(C2CCCCC2)C1=O. The fourth-order valence-electron chi connectivity index (χ4n) is 2.63. The minimum Gasteiger partial charge on any atom is -0.273 e. The molecule has 1 aliphatic carbocycles. The number of amides is 4. The van der Waals surface area contributed by atoms with Crippen LogP contribution in [0.25, 0.3) is 0 Å². The summed E-state index contributed by atoms with van der Waals surface area (Å²) in [6.07, 6.45) is 5.00. The molecule has 0 aromatic rings. The van der Waals surface area contributed by atoms with E-state index in [2.05, 4.69) is 0 Å². The Labute approximate surface area is 101 Å². The zero-order valence-electron chi connectivity index (χ0n) is 10.3. The number of barbiturate groups is 1. The molecule has 0 spiro atoms. The zero-order valence-corrected chi connectivity index (χ0v) is 10.3. The van der Waals surface area contributed by atoms with E-state index in [1.807, 2.05) is 0 Å². The lowest BCUT2D eigenvalue weighted by molar-refractivity contribution is -0.149. The van der Waals surface area contributed by atoms with Crippen molar-refractivity contribution in [2.75, 3.05) is 7.05 Å². The van der Waals surface area contributed by atoms with Crippen molar-refractivity contribution in [3.05, 3.63) is 0 Å². The zero-order chi connectivity index (χ0) is 12.6. The van der Waals surface area contributed by atoms with Gasteiger partial charge in [0.25, 0.3) is 0 Å². The maximum Gasteiger partial charge on any atom is 0.333 e. The van der Waals surface area contributed by atoms with Gasteiger partial charge in [-0.1, -0.05) is 19.3 Å². The summed E-state index contributed by atoms with van der Waals surface area (Å²) in [5.74, 6) is -1.45. The molecular formula is C12H18N2O3. The summed E-state index contributed by atoms with van der Waals surface area (Å²) in [4.78, 5) is 38.1. The highest BCUT2D eigenvalue weighted by Crippen LogP contribution is 2.27. The van der Waals surface area contributed by atoms with E-state index in [4.69, 9.17) is 0 Å². The molecule has 0 radical (unpaired) electrons. The Bertz CT molecular complexity index is 337. The van der Waals surface area contributed by atoms with Gasteiger partial charge in [-0.15, -0.1) is 0 Å². The summed E-state index contributed by atoms with van der Waals surface area (Å²) >= 11 is 0. The second kappa shape index (κ2) is 4.47. The number of carbonyl (C=O) groups is 3. The molecule has 0 unspecified atom stereocenters. The number of carbonyl (C=O) groups excluding carboxylic acids is 3. The van der Waals surface area contributed by atoms with Crippen LogP contribution in [0.2, 0.25) is 0 Å². The number of urea groups is 1. The van der Waals surface area contributed by atoms with E-state index < -0.39 is 17.9 Å². The maximum atomic E-state index is 12.0. The third-order valence-electron chi connectivity index (χ3n) is 3.74. The molecular weight excluding hydrogens is 220 g/mol. The van der Waals surface area contributed by atoms with Crippen LogP contribution >= 0.6 is 0 Å². The van der Waals surface area contributed by atoms with Gasteiger partial charge in [0.05, 0.1) is 0 Å². The van der Waals surface area contributed by atoms with Gasteiger partial charge in [0, 0.05) is 13.1 Å². The number of hydrogen-bond donors (Lipinski definition) is 0. The number of rotatable bonds is 1. The number of nitrogens with zero attached hydrogens (tertiary/aromatic N) is 2. The first-order valence-corrected chi connectivity index (χ1v) is 6.18. The smallest absolute Gasteiger partial charge is 0.273 e. The highest BCUT2D eigenvalue weighted by Gasteiger charge is 2.44. The lowest BCUT2D eigenvalue weighted by Gasteiger charge is -2.39. The fraction of sp³-hybridized carbons (Fsp3) is 0.750. The molecule has 0 aromatic heterocycles. The first-order chi connectivity index (χ1) is 8.04. The Kier molecular flexibility index (Phi) is 3.17. The molecule has 5 heteroatoms. The first-order valence-electron chi connectivity index (χ1n) is 6.18. The van der Waals surface area contributed by atoms with Crippen molar-refractivity contribution in [2.45, 2.75) is 45.1 Å². The van der Waals surface area contributed by atoms with Crippen LogP contribution in [-0.2, 0) is 9.59 Å². The van der Waals surface area contributed by atoms with E-state index in [1.165, 1.54) is 11.9 Å². The van der Waals surface area contributed by atoms with Crippen LogP contribution < -0.4 is 0 Å². The summed E-state index contributed by atoms with van der Waals surface area (Å²) in [6, 6.07) is -0.466. The average Bonchev–Trinajstić information content (AvgIpc) is 2.36. The molecule has 1 aliphatic heterocycles. The largest absolute Gasteiger partial charge is 0.333 e. The average molecular weight is 238 g/mol. The Morgan fingerprint density at radius 3 is 2.18 bits per heavy atom. The van der Waals surface area contributed by atoms with Crippen molar-refractivity contribution in [1.29, 1.82) is 0 Å². The third kappa shape index (κ3) is 1.94. The van der Waals surface area contributed by atoms with Crippen LogP contribution in [0.4, 0.5) is 4.79 Å². The monoisotopic (exact) mass is 238 g/mol. The summed E-state index contributed by atoms with van der Waals surface area (Å²) in [5.41, 5.74) is 0. The molecule has 0 N–H and O–H groups in total. The molecule has 2 rings (SSSR count). The van der Waals surface area contributed by atoms with E-state index in [-0.39, 0.29) is 11.9 Å². The van der Waals surface area contributed by atoms with E-state index in [1.54, 1.807) is 6.92 Å². The lowest BCUT2D eigenvalue weighted by atomic mass is 9.92. The van der Waals surface area contributed by atoms with Gasteiger partial charge in [-0.3, -0.25) is 19.4 Å². The topological polar surface area (TPSA) is 57.7 Å². The molecule has 2 aliphatic rings. The fourth-order valence-corrected chi connectivity index (χ4v) is 2.63. The Morgan fingerprint density at radius 2 is 1.59 bits per heavy atom. The van der Waals surface area contributed by atoms with E-state index in [0.29, 0.717) is 0 Å². The van der Waals surface area contributed by atoms with Crippen LogP contribution in [0, 0.1) is 5.92 Å². The highest BCUT2D eigenvalue weighted by molar-refractivity contribution is 6.15. The van der Waals surface area contributed by atoms with Crippen molar-refractivity contribution in [2.24, 2.45) is 5.92 Å². The van der Waals surface area contributed by atoms with Gasteiger partial charge in [-0.05, 0) is 19.8 Å². The molecule has 17 heavy (non-hydrogen) atoms. The second-order valence-electron chi connectivity index (χ2n) is 4.90. The molecule has 1 atom stereocenters. The predicted molar refractivity (Wildman–Crippen MR) is 61.0 cm³/mol. The molecule has 4 amide bonds. The van der Waals surface area contributed by atoms with E-state index >= 15 is 0 Å². The highest BCUT2D eigenvalue weighted by atomic mass is 16.2. The second-order valence-corrected chi connectivity index (χ2v) is 4.90. The molecule has 2 fully saturated rings. The van der Waals surface area contributed by atoms with Gasteiger partial charge in [0.1, 0.15) is 5.92 Å². The Balaban J connectivity index is 2.22. The summed E-state index contributed by atoms with van der Waals surface area (Å²) < 4.78 is 0. The van der Waals surface area contributed by atoms with Crippen molar-refractivity contribution in [3.63, 3.8) is 0 Å². The maximum absolute atomic E-state index is 12.0. The van der Waals surface area contributed by atoms with E-state index in [0.717, 1.165) is 37.0 Å². The number of hydrogen-bond acceptors (Lipinski definition) is 3. The van der Waals surface area contributed by atoms with Gasteiger partial charge in [0.15, 0.2) is 0 Å². The molecule has 1 saturated carbocycles. The van der Waals surface area contributed by atoms with Crippen molar-refractivity contribution < 1.29 is 14.4 Å². The minimum absolute atomic E-state index is 0.0123. The quantitative estimate of drug-likeness (QED) is 0.648. The van der Waals surface area contributed by atoms with Crippen molar-refractivity contribution in [3.8, 4) is 0 Å². The molecule has 1 saturated heterocycles. The third-order valence-corrected chi connectivity index (χ3v) is 3.74. The standard InChI is InChI=1S/C12H18N2O3/c1-8-10(15)13(2)12(17)14(11(8)16)9-6-4-3-5-7-9/h8-9H,3-7H2,1-2H3/t8-/m1/s1. The van der Waals surface area contributed by atoms with Crippen molar-refractivity contribution >= 4 is 17.8 Å². The minimum atomic E-state index is -0.723. The van der Waals surface area contributed by atoms with Crippen LogP contribution in [0.1, 0.15) is 39.0 Å². The summed E-state index contributed by atoms with van der Waals surface area (Å²) in [6.45, 7) is 1.57.